The third-order valence-electron chi connectivity index (χ3n) is 5.16. The highest BCUT2D eigenvalue weighted by atomic mass is 16.3. The SMILES string of the molecule is O=C1CCN(C(=O)[C@@H]2CCCN2C(=O)c2ccoc2)CCCCCCN1. The molecule has 0 aliphatic carbocycles. The molecule has 1 N–H and O–H groups in total. The summed E-state index contributed by atoms with van der Waals surface area (Å²) in [6.45, 7) is 2.35. The van der Waals surface area contributed by atoms with Crippen molar-refractivity contribution in [2.45, 2.75) is 51.0 Å². The molecule has 142 valence electrons. The average molecular weight is 361 g/mol. The van der Waals surface area contributed by atoms with Crippen LogP contribution in [0.5, 0.6) is 0 Å². The van der Waals surface area contributed by atoms with E-state index in [4.69, 9.17) is 4.42 Å². The van der Waals surface area contributed by atoms with E-state index < -0.39 is 6.04 Å². The van der Waals surface area contributed by atoms with E-state index >= 15 is 0 Å². The van der Waals surface area contributed by atoms with Gasteiger partial charge >= 0.3 is 0 Å². The number of hydrogen-bond acceptors (Lipinski definition) is 4. The third kappa shape index (κ3) is 4.45. The van der Waals surface area contributed by atoms with E-state index in [2.05, 4.69) is 5.32 Å². The summed E-state index contributed by atoms with van der Waals surface area (Å²) >= 11 is 0. The van der Waals surface area contributed by atoms with Crippen LogP contribution in [0.15, 0.2) is 23.0 Å². The number of carbonyl (C=O) groups is 3. The standard InChI is InChI=1S/C19H27N3O4/c23-17-7-12-21(10-4-2-1-3-9-20-17)19(25)16-6-5-11-22(16)18(24)15-8-13-26-14-15/h8,13-14,16H,1-7,9-12H2,(H,20,23)/t16-/m0/s1. The molecule has 3 heterocycles. The number of amides is 3. The molecule has 3 rings (SSSR count). The molecule has 1 aromatic rings. The maximum absolute atomic E-state index is 13.1. The molecular formula is C19H27N3O4. The highest BCUT2D eigenvalue weighted by Gasteiger charge is 2.37. The maximum atomic E-state index is 13.1. The molecule has 0 bridgehead atoms. The molecule has 2 aliphatic heterocycles. The van der Waals surface area contributed by atoms with Crippen LogP contribution >= 0.6 is 0 Å². The molecule has 1 atom stereocenters. The van der Waals surface area contributed by atoms with E-state index in [1.807, 2.05) is 0 Å². The molecule has 0 unspecified atom stereocenters. The van der Waals surface area contributed by atoms with Crippen LogP contribution in [-0.2, 0) is 9.59 Å². The summed E-state index contributed by atoms with van der Waals surface area (Å²) in [4.78, 5) is 41.1. The summed E-state index contributed by atoms with van der Waals surface area (Å²) in [5.41, 5.74) is 0.474. The lowest BCUT2D eigenvalue weighted by molar-refractivity contribution is -0.136. The molecule has 1 aromatic heterocycles. The quantitative estimate of drug-likeness (QED) is 0.871. The van der Waals surface area contributed by atoms with Crippen LogP contribution in [0.25, 0.3) is 0 Å². The van der Waals surface area contributed by atoms with Crippen LogP contribution in [0.3, 0.4) is 0 Å². The van der Waals surface area contributed by atoms with E-state index in [0.29, 0.717) is 44.6 Å². The fourth-order valence-corrected chi connectivity index (χ4v) is 3.70. The lowest BCUT2D eigenvalue weighted by Gasteiger charge is -2.30. The first kappa shape index (κ1) is 18.5. The molecule has 7 nitrogen and oxygen atoms in total. The Labute approximate surface area is 153 Å². The van der Waals surface area contributed by atoms with Crippen molar-refractivity contribution in [2.75, 3.05) is 26.2 Å². The fourth-order valence-electron chi connectivity index (χ4n) is 3.70. The minimum Gasteiger partial charge on any atom is -0.472 e. The summed E-state index contributed by atoms with van der Waals surface area (Å²) in [7, 11) is 0. The first-order valence-electron chi connectivity index (χ1n) is 9.55. The van der Waals surface area contributed by atoms with Gasteiger partial charge in [-0.3, -0.25) is 14.4 Å². The maximum Gasteiger partial charge on any atom is 0.257 e. The molecular weight excluding hydrogens is 334 g/mol. The normalized spacial score (nSPS) is 22.6. The fraction of sp³-hybridized carbons (Fsp3) is 0.632. The second-order valence-corrected chi connectivity index (χ2v) is 7.01. The summed E-state index contributed by atoms with van der Waals surface area (Å²) in [6, 6.07) is 1.19. The Balaban J connectivity index is 1.68. The Morgan fingerprint density at radius 3 is 2.73 bits per heavy atom. The molecule has 0 aromatic carbocycles. The molecule has 0 spiro atoms. The number of carbonyl (C=O) groups excluding carboxylic acids is 3. The van der Waals surface area contributed by atoms with Crippen LogP contribution < -0.4 is 5.32 Å². The van der Waals surface area contributed by atoms with Gasteiger partial charge in [0.2, 0.25) is 11.8 Å². The number of rotatable bonds is 2. The van der Waals surface area contributed by atoms with Crippen LogP contribution in [0.2, 0.25) is 0 Å². The number of nitrogens with zero attached hydrogens (tertiary/aromatic N) is 2. The number of furan rings is 1. The topological polar surface area (TPSA) is 82.9 Å². The predicted octanol–water partition coefficient (Wildman–Crippen LogP) is 1.79. The van der Waals surface area contributed by atoms with Crippen LogP contribution in [0, 0.1) is 0 Å². The monoisotopic (exact) mass is 361 g/mol. The van der Waals surface area contributed by atoms with Crippen LogP contribution in [-0.4, -0.2) is 59.7 Å². The molecule has 26 heavy (non-hydrogen) atoms. The molecule has 3 amide bonds. The van der Waals surface area contributed by atoms with Crippen molar-refractivity contribution in [2.24, 2.45) is 0 Å². The van der Waals surface area contributed by atoms with Gasteiger partial charge in [-0.1, -0.05) is 12.8 Å². The van der Waals surface area contributed by atoms with Crippen molar-refractivity contribution in [3.63, 3.8) is 0 Å². The van der Waals surface area contributed by atoms with Gasteiger partial charge in [0.25, 0.3) is 5.91 Å². The zero-order valence-electron chi connectivity index (χ0n) is 15.1. The Hall–Kier alpha value is -2.31. The molecule has 7 heteroatoms. The third-order valence-corrected chi connectivity index (χ3v) is 5.16. The minimum absolute atomic E-state index is 0.0116. The molecule has 0 saturated carbocycles. The van der Waals surface area contributed by atoms with Gasteiger partial charge in [0.05, 0.1) is 11.8 Å². The zero-order valence-corrected chi connectivity index (χ0v) is 15.1. The van der Waals surface area contributed by atoms with Crippen molar-refractivity contribution < 1.29 is 18.8 Å². The number of likely N-dealkylation sites (tertiary alicyclic amines) is 1. The van der Waals surface area contributed by atoms with Gasteiger partial charge in [-0.05, 0) is 31.7 Å². The Bertz CT molecular complexity index is 629. The second kappa shape index (κ2) is 8.87. The van der Waals surface area contributed by atoms with Crippen LogP contribution in [0.1, 0.15) is 55.3 Å². The predicted molar refractivity (Wildman–Crippen MR) is 95.4 cm³/mol. The molecule has 2 aliphatic rings. The first-order chi connectivity index (χ1) is 12.7. The van der Waals surface area contributed by atoms with Crippen molar-refractivity contribution >= 4 is 17.7 Å². The van der Waals surface area contributed by atoms with Crippen molar-refractivity contribution in [3.05, 3.63) is 24.2 Å². The van der Waals surface area contributed by atoms with Gasteiger partial charge in [0.1, 0.15) is 12.3 Å². The lowest BCUT2D eigenvalue weighted by atomic mass is 10.1. The summed E-state index contributed by atoms with van der Waals surface area (Å²) in [5, 5.41) is 2.90. The zero-order chi connectivity index (χ0) is 18.4. The van der Waals surface area contributed by atoms with Crippen molar-refractivity contribution in [1.29, 1.82) is 0 Å². The van der Waals surface area contributed by atoms with E-state index in [1.165, 1.54) is 12.5 Å². The van der Waals surface area contributed by atoms with Gasteiger partial charge in [-0.25, -0.2) is 0 Å². The van der Waals surface area contributed by atoms with Gasteiger partial charge in [-0.2, -0.15) is 0 Å². The summed E-state index contributed by atoms with van der Waals surface area (Å²) in [6.07, 6.45) is 8.69. The van der Waals surface area contributed by atoms with Gasteiger partial charge in [-0.15, -0.1) is 0 Å². The van der Waals surface area contributed by atoms with Gasteiger partial charge < -0.3 is 19.5 Å². The largest absolute Gasteiger partial charge is 0.472 e. The van der Waals surface area contributed by atoms with Gasteiger partial charge in [0, 0.05) is 32.6 Å². The number of hydrogen-bond donors (Lipinski definition) is 1. The highest BCUT2D eigenvalue weighted by Crippen LogP contribution is 2.23. The van der Waals surface area contributed by atoms with Gasteiger partial charge in [0.15, 0.2) is 0 Å². The highest BCUT2D eigenvalue weighted by molar-refractivity contribution is 5.97. The smallest absolute Gasteiger partial charge is 0.257 e. The molecule has 2 fully saturated rings. The minimum atomic E-state index is -0.439. The van der Waals surface area contributed by atoms with Crippen molar-refractivity contribution in [3.8, 4) is 0 Å². The first-order valence-corrected chi connectivity index (χ1v) is 9.55. The molecule has 2 saturated heterocycles. The average Bonchev–Trinajstić information content (AvgIpc) is 3.32. The van der Waals surface area contributed by atoms with Crippen LogP contribution in [0.4, 0.5) is 0 Å². The van der Waals surface area contributed by atoms with E-state index in [9.17, 15) is 14.4 Å². The number of nitrogens with one attached hydrogen (secondary N) is 1. The summed E-state index contributed by atoms with van der Waals surface area (Å²) in [5.74, 6) is -0.209. The lowest BCUT2D eigenvalue weighted by Crippen LogP contribution is -2.48. The Kier molecular flexibility index (Phi) is 6.30. The Morgan fingerprint density at radius 2 is 1.92 bits per heavy atom. The Morgan fingerprint density at radius 1 is 1.08 bits per heavy atom. The van der Waals surface area contributed by atoms with Crippen molar-refractivity contribution in [1.82, 2.24) is 15.1 Å². The van der Waals surface area contributed by atoms with E-state index in [1.54, 1.807) is 15.9 Å². The second-order valence-electron chi connectivity index (χ2n) is 7.01. The summed E-state index contributed by atoms with van der Waals surface area (Å²) < 4.78 is 5.00. The van der Waals surface area contributed by atoms with E-state index in [-0.39, 0.29) is 17.7 Å². The van der Waals surface area contributed by atoms with E-state index in [0.717, 1.165) is 32.1 Å². The molecule has 0 radical (unpaired) electrons.